The lowest BCUT2D eigenvalue weighted by Crippen LogP contribution is -2.30. The molecule has 0 radical (unpaired) electrons. The lowest BCUT2D eigenvalue weighted by atomic mass is 10.2. The first-order valence-corrected chi connectivity index (χ1v) is 4.72. The fourth-order valence-corrected chi connectivity index (χ4v) is 1.04. The van der Waals surface area contributed by atoms with Crippen molar-refractivity contribution in [1.29, 1.82) is 0 Å². The van der Waals surface area contributed by atoms with E-state index >= 15 is 0 Å². The van der Waals surface area contributed by atoms with E-state index in [1.807, 2.05) is 0 Å². The number of alkyl halides is 3. The number of ether oxygens (including phenoxy) is 1. The molecule has 0 spiro atoms. The lowest BCUT2D eigenvalue weighted by molar-refractivity contribution is -0.141. The van der Waals surface area contributed by atoms with Crippen LogP contribution in [0.5, 0.6) is 0 Å². The van der Waals surface area contributed by atoms with Crippen molar-refractivity contribution in [2.45, 2.75) is 38.4 Å². The topological polar surface area (TPSA) is 38.3 Å². The summed E-state index contributed by atoms with van der Waals surface area (Å²) in [6.07, 6.45) is -4.71. The molecule has 0 bridgehead atoms. The van der Waals surface area contributed by atoms with Gasteiger partial charge in [0.1, 0.15) is 0 Å². The van der Waals surface area contributed by atoms with E-state index in [4.69, 9.17) is 0 Å². The smallest absolute Gasteiger partial charge is 0.389 e. The molecule has 1 N–H and O–H groups in total. The first-order valence-electron chi connectivity index (χ1n) is 4.72. The molecule has 0 aromatic heterocycles. The summed E-state index contributed by atoms with van der Waals surface area (Å²) in [6, 6.07) is -0.161. The van der Waals surface area contributed by atoms with Crippen LogP contribution < -0.4 is 5.32 Å². The SMILES string of the molecule is COC(=O)CC(C)NCCCC(F)(F)F. The van der Waals surface area contributed by atoms with Crippen LogP contribution in [-0.2, 0) is 9.53 Å². The molecule has 1 atom stereocenters. The standard InChI is InChI=1S/C9H16F3NO2/c1-7(6-8(14)15-2)13-5-3-4-9(10,11)12/h7,13H,3-6H2,1-2H3. The fourth-order valence-electron chi connectivity index (χ4n) is 1.04. The van der Waals surface area contributed by atoms with Gasteiger partial charge in [-0.05, 0) is 19.9 Å². The molecular formula is C9H16F3NO2. The van der Waals surface area contributed by atoms with Crippen molar-refractivity contribution in [1.82, 2.24) is 5.32 Å². The van der Waals surface area contributed by atoms with E-state index in [0.29, 0.717) is 0 Å². The molecule has 0 saturated heterocycles. The molecule has 0 aromatic carbocycles. The van der Waals surface area contributed by atoms with Crippen molar-refractivity contribution in [2.75, 3.05) is 13.7 Å². The van der Waals surface area contributed by atoms with Crippen molar-refractivity contribution in [3.8, 4) is 0 Å². The molecule has 15 heavy (non-hydrogen) atoms. The molecule has 1 unspecified atom stereocenters. The number of hydrogen-bond acceptors (Lipinski definition) is 3. The molecule has 3 nitrogen and oxygen atoms in total. The van der Waals surface area contributed by atoms with Gasteiger partial charge in [0.25, 0.3) is 0 Å². The zero-order valence-electron chi connectivity index (χ0n) is 8.86. The van der Waals surface area contributed by atoms with E-state index in [-0.39, 0.29) is 31.4 Å². The summed E-state index contributed by atoms with van der Waals surface area (Å²) < 4.78 is 39.7. The number of halogens is 3. The average molecular weight is 227 g/mol. The summed E-state index contributed by atoms with van der Waals surface area (Å²) in [5.41, 5.74) is 0. The molecule has 0 rings (SSSR count). The molecule has 0 heterocycles. The van der Waals surface area contributed by atoms with Crippen LogP contribution in [-0.4, -0.2) is 31.8 Å². The zero-order valence-corrected chi connectivity index (χ0v) is 8.86. The van der Waals surface area contributed by atoms with Crippen molar-refractivity contribution < 1.29 is 22.7 Å². The van der Waals surface area contributed by atoms with Crippen molar-refractivity contribution >= 4 is 5.97 Å². The predicted molar refractivity (Wildman–Crippen MR) is 49.4 cm³/mol. The monoisotopic (exact) mass is 227 g/mol. The molecule has 0 saturated carbocycles. The normalized spacial score (nSPS) is 13.7. The van der Waals surface area contributed by atoms with E-state index < -0.39 is 12.6 Å². The highest BCUT2D eigenvalue weighted by Crippen LogP contribution is 2.20. The van der Waals surface area contributed by atoms with Crippen LogP contribution in [0.15, 0.2) is 0 Å². The van der Waals surface area contributed by atoms with Crippen molar-refractivity contribution in [2.24, 2.45) is 0 Å². The maximum atomic E-state index is 11.7. The van der Waals surface area contributed by atoms with Gasteiger partial charge in [0.15, 0.2) is 0 Å². The van der Waals surface area contributed by atoms with Crippen LogP contribution in [0.4, 0.5) is 13.2 Å². The van der Waals surface area contributed by atoms with Crippen LogP contribution in [0, 0.1) is 0 Å². The van der Waals surface area contributed by atoms with Crippen molar-refractivity contribution in [3.05, 3.63) is 0 Å². The third-order valence-corrected chi connectivity index (χ3v) is 1.83. The summed E-state index contributed by atoms with van der Waals surface area (Å²) in [6.45, 7) is 1.97. The second kappa shape index (κ2) is 6.66. The molecule has 90 valence electrons. The largest absolute Gasteiger partial charge is 0.469 e. The van der Waals surface area contributed by atoms with Crippen molar-refractivity contribution in [3.63, 3.8) is 0 Å². The minimum absolute atomic E-state index is 0.0228. The van der Waals surface area contributed by atoms with Gasteiger partial charge >= 0.3 is 12.1 Å². The Morgan fingerprint density at radius 1 is 1.47 bits per heavy atom. The number of methoxy groups -OCH3 is 1. The number of carbonyl (C=O) groups is 1. The van der Waals surface area contributed by atoms with Gasteiger partial charge in [-0.2, -0.15) is 13.2 Å². The Kier molecular flexibility index (Phi) is 6.31. The fraction of sp³-hybridized carbons (Fsp3) is 0.889. The minimum atomic E-state index is -4.10. The lowest BCUT2D eigenvalue weighted by Gasteiger charge is -2.12. The minimum Gasteiger partial charge on any atom is -0.469 e. The maximum absolute atomic E-state index is 11.7. The highest BCUT2D eigenvalue weighted by Gasteiger charge is 2.25. The Hall–Kier alpha value is -0.780. The quantitative estimate of drug-likeness (QED) is 0.556. The number of esters is 1. The summed E-state index contributed by atoms with van der Waals surface area (Å²) in [7, 11) is 1.28. The Bertz CT molecular complexity index is 194. The van der Waals surface area contributed by atoms with Gasteiger partial charge in [-0.3, -0.25) is 4.79 Å². The second-order valence-corrected chi connectivity index (χ2v) is 3.35. The highest BCUT2D eigenvalue weighted by molar-refractivity contribution is 5.69. The molecule has 0 amide bonds. The van der Waals surface area contributed by atoms with Gasteiger partial charge in [-0.15, -0.1) is 0 Å². The first-order chi connectivity index (χ1) is 6.85. The van der Waals surface area contributed by atoms with Gasteiger partial charge in [0.05, 0.1) is 13.5 Å². The molecule has 0 aliphatic heterocycles. The average Bonchev–Trinajstić information content (AvgIpc) is 2.11. The van der Waals surface area contributed by atoms with Gasteiger partial charge in [-0.1, -0.05) is 0 Å². The van der Waals surface area contributed by atoms with Gasteiger partial charge in [-0.25, -0.2) is 0 Å². The maximum Gasteiger partial charge on any atom is 0.389 e. The Morgan fingerprint density at radius 3 is 2.53 bits per heavy atom. The zero-order chi connectivity index (χ0) is 11.9. The molecule has 0 aromatic rings. The summed E-state index contributed by atoms with van der Waals surface area (Å²) in [5, 5.41) is 2.82. The van der Waals surface area contributed by atoms with Crippen LogP contribution in [0.1, 0.15) is 26.2 Å². The molecule has 6 heteroatoms. The Balaban J connectivity index is 3.47. The Morgan fingerprint density at radius 2 is 2.07 bits per heavy atom. The van der Waals surface area contributed by atoms with Crippen LogP contribution in [0.3, 0.4) is 0 Å². The summed E-state index contributed by atoms with van der Waals surface area (Å²) in [4.78, 5) is 10.8. The van der Waals surface area contributed by atoms with Crippen LogP contribution >= 0.6 is 0 Å². The predicted octanol–water partition coefficient (Wildman–Crippen LogP) is 1.87. The van der Waals surface area contributed by atoms with Gasteiger partial charge in [0.2, 0.25) is 0 Å². The Labute approximate surface area is 87.0 Å². The molecule has 0 aliphatic carbocycles. The van der Waals surface area contributed by atoms with Crippen LogP contribution in [0.25, 0.3) is 0 Å². The van der Waals surface area contributed by atoms with E-state index in [9.17, 15) is 18.0 Å². The summed E-state index contributed by atoms with van der Waals surface area (Å²) >= 11 is 0. The number of nitrogens with one attached hydrogen (secondary N) is 1. The second-order valence-electron chi connectivity index (χ2n) is 3.35. The first kappa shape index (κ1) is 14.2. The summed E-state index contributed by atoms with van der Waals surface area (Å²) in [5.74, 6) is -0.370. The molecular weight excluding hydrogens is 211 g/mol. The van der Waals surface area contributed by atoms with E-state index in [2.05, 4.69) is 10.1 Å². The van der Waals surface area contributed by atoms with Crippen LogP contribution in [0.2, 0.25) is 0 Å². The number of carbonyl (C=O) groups excluding carboxylic acids is 1. The number of hydrogen-bond donors (Lipinski definition) is 1. The van der Waals surface area contributed by atoms with E-state index in [1.165, 1.54) is 7.11 Å². The molecule has 0 aliphatic rings. The third kappa shape index (κ3) is 9.52. The van der Waals surface area contributed by atoms with E-state index in [0.717, 1.165) is 0 Å². The molecule has 0 fully saturated rings. The van der Waals surface area contributed by atoms with E-state index in [1.54, 1.807) is 6.92 Å². The number of rotatable bonds is 6. The van der Waals surface area contributed by atoms with Gasteiger partial charge < -0.3 is 10.1 Å². The van der Waals surface area contributed by atoms with Gasteiger partial charge in [0, 0.05) is 12.5 Å². The third-order valence-electron chi connectivity index (χ3n) is 1.83. The highest BCUT2D eigenvalue weighted by atomic mass is 19.4.